The van der Waals surface area contributed by atoms with E-state index in [9.17, 15) is 4.39 Å². The van der Waals surface area contributed by atoms with Crippen LogP contribution in [0, 0.1) is 5.82 Å². The van der Waals surface area contributed by atoms with E-state index in [1.165, 1.54) is 23.5 Å². The van der Waals surface area contributed by atoms with Crippen LogP contribution in [0.3, 0.4) is 0 Å². The van der Waals surface area contributed by atoms with Gasteiger partial charge in [0.1, 0.15) is 5.82 Å². The maximum atomic E-state index is 13.1. The molecule has 0 amide bonds. The van der Waals surface area contributed by atoms with Crippen LogP contribution in [0.4, 0.5) is 4.39 Å². The molecule has 2 aromatic rings. The van der Waals surface area contributed by atoms with Gasteiger partial charge in [-0.15, -0.1) is 11.3 Å². The fraction of sp³-hybridized carbons (Fsp3) is 0.286. The van der Waals surface area contributed by atoms with Crippen LogP contribution in [0.25, 0.3) is 0 Å². The minimum Gasteiger partial charge on any atom is -0.361 e. The second-order valence-electron chi connectivity index (χ2n) is 4.18. The van der Waals surface area contributed by atoms with E-state index in [1.54, 1.807) is 19.3 Å². The molecule has 3 nitrogen and oxygen atoms in total. The molecule has 0 bridgehead atoms. The molecule has 0 aliphatic carbocycles. The second kappa shape index (κ2) is 6.81. The Morgan fingerprint density at radius 2 is 2.35 bits per heavy atom. The van der Waals surface area contributed by atoms with Gasteiger partial charge in [0, 0.05) is 23.6 Å². The van der Waals surface area contributed by atoms with Crippen molar-refractivity contribution in [3.63, 3.8) is 0 Å². The van der Waals surface area contributed by atoms with Crippen molar-refractivity contribution < 1.29 is 4.39 Å². The maximum absolute atomic E-state index is 13.1. The summed E-state index contributed by atoms with van der Waals surface area (Å²) < 4.78 is 13.1. The zero-order valence-electron chi connectivity index (χ0n) is 11.2. The zero-order chi connectivity index (χ0) is 14.5. The van der Waals surface area contributed by atoms with E-state index in [0.29, 0.717) is 10.9 Å². The Bertz CT molecular complexity index is 598. The van der Waals surface area contributed by atoms with E-state index < -0.39 is 0 Å². The second-order valence-corrected chi connectivity index (χ2v) is 5.48. The molecule has 1 N–H and O–H groups in total. The number of halogens is 2. The van der Waals surface area contributed by atoms with Crippen LogP contribution >= 0.6 is 22.9 Å². The van der Waals surface area contributed by atoms with Crippen LogP contribution in [0.5, 0.6) is 0 Å². The summed E-state index contributed by atoms with van der Waals surface area (Å²) in [5.74, 6) is 0.380. The van der Waals surface area contributed by atoms with Crippen LogP contribution in [-0.4, -0.2) is 17.9 Å². The minimum atomic E-state index is -0.335. The van der Waals surface area contributed by atoms with E-state index >= 15 is 0 Å². The molecule has 1 aromatic heterocycles. The molecule has 0 aliphatic heterocycles. The summed E-state index contributed by atoms with van der Waals surface area (Å²) in [5.41, 5.74) is 0.855. The number of aliphatic imine (C=N–C) groups is 1. The van der Waals surface area contributed by atoms with Crippen molar-refractivity contribution >= 4 is 28.8 Å². The van der Waals surface area contributed by atoms with Crippen molar-refractivity contribution in [2.75, 3.05) is 7.05 Å². The third kappa shape index (κ3) is 3.35. The summed E-state index contributed by atoms with van der Waals surface area (Å²) in [6, 6.07) is 4.41. The molecule has 0 aliphatic rings. The van der Waals surface area contributed by atoms with Gasteiger partial charge in [0.25, 0.3) is 0 Å². The van der Waals surface area contributed by atoms with Crippen molar-refractivity contribution in [2.24, 2.45) is 4.99 Å². The quantitative estimate of drug-likeness (QED) is 0.683. The van der Waals surface area contributed by atoms with Gasteiger partial charge in [-0.1, -0.05) is 24.6 Å². The number of nitrogens with one attached hydrogen (secondary N) is 1. The molecule has 0 fully saturated rings. The van der Waals surface area contributed by atoms with Crippen molar-refractivity contribution in [3.8, 4) is 0 Å². The van der Waals surface area contributed by atoms with Crippen molar-refractivity contribution in [2.45, 2.75) is 19.4 Å². The third-order valence-electron chi connectivity index (χ3n) is 2.92. The molecule has 1 atom stereocenters. The number of hydrogen-bond donors (Lipinski definition) is 1. The average molecular weight is 312 g/mol. The largest absolute Gasteiger partial charge is 0.361 e. The van der Waals surface area contributed by atoms with E-state index in [1.807, 2.05) is 12.3 Å². The third-order valence-corrected chi connectivity index (χ3v) is 4.02. The van der Waals surface area contributed by atoms with Crippen LogP contribution in [-0.2, 0) is 0 Å². The van der Waals surface area contributed by atoms with Gasteiger partial charge in [-0.25, -0.2) is 9.37 Å². The van der Waals surface area contributed by atoms with Gasteiger partial charge in [0.2, 0.25) is 0 Å². The lowest BCUT2D eigenvalue weighted by atomic mass is 10.0. The number of benzene rings is 1. The summed E-state index contributed by atoms with van der Waals surface area (Å²) in [6.45, 7) is 2.03. The molecule has 1 aromatic carbocycles. The van der Waals surface area contributed by atoms with Crippen molar-refractivity contribution in [1.82, 2.24) is 10.3 Å². The van der Waals surface area contributed by atoms with Crippen LogP contribution in [0.2, 0.25) is 5.02 Å². The first-order valence-electron chi connectivity index (χ1n) is 6.23. The van der Waals surface area contributed by atoms with E-state index in [0.717, 1.165) is 17.0 Å². The smallest absolute Gasteiger partial charge is 0.158 e. The number of hydrogen-bond acceptors (Lipinski definition) is 3. The lowest BCUT2D eigenvalue weighted by Gasteiger charge is -2.20. The summed E-state index contributed by atoms with van der Waals surface area (Å²) in [7, 11) is 1.71. The summed E-state index contributed by atoms with van der Waals surface area (Å²) in [5, 5.41) is 6.46. The predicted octanol–water partition coefficient (Wildman–Crippen LogP) is 4.05. The Morgan fingerprint density at radius 1 is 1.55 bits per heavy atom. The van der Waals surface area contributed by atoms with Crippen LogP contribution < -0.4 is 5.32 Å². The number of aromatic nitrogens is 1. The molecule has 1 heterocycles. The highest BCUT2D eigenvalue weighted by Crippen LogP contribution is 2.26. The van der Waals surface area contributed by atoms with E-state index in [4.69, 9.17) is 11.6 Å². The van der Waals surface area contributed by atoms with Gasteiger partial charge in [-0.05, 0) is 24.1 Å². The van der Waals surface area contributed by atoms with Gasteiger partial charge in [0.15, 0.2) is 10.8 Å². The first-order chi connectivity index (χ1) is 9.65. The number of rotatable bonds is 4. The molecule has 1 unspecified atom stereocenters. The van der Waals surface area contributed by atoms with Gasteiger partial charge in [-0.3, -0.25) is 4.99 Å². The SMILES string of the molecule is CCC(NC(=NC)c1nccs1)c1ccc(F)cc1Cl. The first kappa shape index (κ1) is 14.9. The Labute approximate surface area is 126 Å². The maximum Gasteiger partial charge on any atom is 0.158 e. The summed E-state index contributed by atoms with van der Waals surface area (Å²) >= 11 is 7.63. The van der Waals surface area contributed by atoms with Gasteiger partial charge < -0.3 is 5.32 Å². The monoisotopic (exact) mass is 311 g/mol. The Hall–Kier alpha value is -1.46. The fourth-order valence-corrected chi connectivity index (χ4v) is 2.84. The molecule has 106 valence electrons. The molecule has 0 saturated heterocycles. The molecular formula is C14H15ClFN3S. The first-order valence-corrected chi connectivity index (χ1v) is 7.49. The highest BCUT2D eigenvalue weighted by atomic mass is 35.5. The number of amidine groups is 1. The Balaban J connectivity index is 2.24. The molecule has 0 spiro atoms. The molecule has 0 radical (unpaired) electrons. The fourth-order valence-electron chi connectivity index (χ4n) is 1.91. The average Bonchev–Trinajstić information content (AvgIpc) is 2.95. The topological polar surface area (TPSA) is 37.3 Å². The lowest BCUT2D eigenvalue weighted by molar-refractivity contribution is 0.609. The lowest BCUT2D eigenvalue weighted by Crippen LogP contribution is -2.29. The molecule has 6 heteroatoms. The van der Waals surface area contributed by atoms with Crippen molar-refractivity contribution in [3.05, 3.63) is 51.2 Å². The molecule has 0 saturated carbocycles. The van der Waals surface area contributed by atoms with Crippen molar-refractivity contribution in [1.29, 1.82) is 0 Å². The molecule has 2 rings (SSSR count). The van der Waals surface area contributed by atoms with Gasteiger partial charge in [0.05, 0.1) is 6.04 Å². The highest BCUT2D eigenvalue weighted by Gasteiger charge is 2.16. The normalized spacial score (nSPS) is 13.3. The molecular weight excluding hydrogens is 297 g/mol. The molecule has 20 heavy (non-hydrogen) atoms. The predicted molar refractivity (Wildman–Crippen MR) is 82.2 cm³/mol. The van der Waals surface area contributed by atoms with Crippen LogP contribution in [0.1, 0.15) is 30.0 Å². The standard InChI is InChI=1S/C14H15ClFN3S/c1-3-12(10-5-4-9(16)8-11(10)15)19-13(17-2)14-18-6-7-20-14/h4-8,12H,3H2,1-2H3,(H,17,19). The van der Waals surface area contributed by atoms with Gasteiger partial charge in [-0.2, -0.15) is 0 Å². The van der Waals surface area contributed by atoms with E-state index in [-0.39, 0.29) is 11.9 Å². The minimum absolute atomic E-state index is 0.0364. The Morgan fingerprint density at radius 3 is 2.90 bits per heavy atom. The van der Waals surface area contributed by atoms with Crippen LogP contribution in [0.15, 0.2) is 34.8 Å². The van der Waals surface area contributed by atoms with Gasteiger partial charge >= 0.3 is 0 Å². The summed E-state index contributed by atoms with van der Waals surface area (Å²) in [6.07, 6.45) is 2.54. The highest BCUT2D eigenvalue weighted by molar-refractivity contribution is 7.11. The zero-order valence-corrected chi connectivity index (χ0v) is 12.8. The Kier molecular flexibility index (Phi) is 5.09. The number of thiazole rings is 1. The van der Waals surface area contributed by atoms with E-state index in [2.05, 4.69) is 15.3 Å². The number of nitrogens with zero attached hydrogens (tertiary/aromatic N) is 2. The summed E-state index contributed by atoms with van der Waals surface area (Å²) in [4.78, 5) is 8.46.